The third kappa shape index (κ3) is 4.00. The molecule has 1 heterocycles. The summed E-state index contributed by atoms with van der Waals surface area (Å²) in [6.07, 6.45) is 1.36. The Morgan fingerprint density at radius 2 is 1.78 bits per heavy atom. The number of anilines is 1. The van der Waals surface area contributed by atoms with Crippen molar-refractivity contribution >= 4 is 16.6 Å². The fourth-order valence-corrected chi connectivity index (χ4v) is 2.07. The van der Waals surface area contributed by atoms with Crippen LogP contribution in [0.5, 0.6) is 11.5 Å². The highest BCUT2D eigenvalue weighted by atomic mass is 16.5. The van der Waals surface area contributed by atoms with Gasteiger partial charge in [0.2, 0.25) is 0 Å². The van der Waals surface area contributed by atoms with Gasteiger partial charge in [-0.05, 0) is 30.7 Å². The number of methoxy groups -OCH3 is 2. The molecule has 0 saturated carbocycles. The van der Waals surface area contributed by atoms with E-state index in [0.29, 0.717) is 22.4 Å². The number of nitrogens with one attached hydrogen (secondary N) is 1. The van der Waals surface area contributed by atoms with E-state index in [1.54, 1.807) is 12.1 Å². The van der Waals surface area contributed by atoms with Crippen LogP contribution in [-0.4, -0.2) is 24.2 Å². The average Bonchev–Trinajstić information content (AvgIpc) is 2.54. The van der Waals surface area contributed by atoms with Gasteiger partial charge in [0.15, 0.2) is 11.5 Å². The van der Waals surface area contributed by atoms with Crippen molar-refractivity contribution in [3.63, 3.8) is 0 Å². The first kappa shape index (κ1) is 16.4. The quantitative estimate of drug-likeness (QED) is 0.709. The molecular formula is C17H19N3O3. The van der Waals surface area contributed by atoms with Gasteiger partial charge < -0.3 is 20.2 Å². The number of rotatable bonds is 2. The van der Waals surface area contributed by atoms with Gasteiger partial charge in [-0.15, -0.1) is 0 Å². The van der Waals surface area contributed by atoms with Crippen molar-refractivity contribution < 1.29 is 9.47 Å². The van der Waals surface area contributed by atoms with Gasteiger partial charge in [-0.3, -0.25) is 4.79 Å². The molecule has 3 rings (SSSR count). The summed E-state index contributed by atoms with van der Waals surface area (Å²) in [6, 6.07) is 11.1. The Balaban J connectivity index is 0.000000203. The lowest BCUT2D eigenvalue weighted by molar-refractivity contribution is 0.355. The Kier molecular flexibility index (Phi) is 5.19. The third-order valence-electron chi connectivity index (χ3n) is 3.19. The number of ether oxygens (including phenoxy) is 2. The smallest absolute Gasteiger partial charge is 0.258 e. The number of nitrogen functional groups attached to an aromatic ring is 1. The SMILES string of the molecule is COc1cc2nc[nH]c(=O)c2cc1OC.Cc1cccc(N)c1. The predicted octanol–water partition coefficient (Wildman–Crippen LogP) is 2.52. The predicted molar refractivity (Wildman–Crippen MR) is 91.1 cm³/mol. The van der Waals surface area contributed by atoms with E-state index in [2.05, 4.69) is 9.97 Å². The summed E-state index contributed by atoms with van der Waals surface area (Å²) in [4.78, 5) is 18.0. The Hall–Kier alpha value is -3.02. The molecule has 6 nitrogen and oxygen atoms in total. The molecule has 0 amide bonds. The summed E-state index contributed by atoms with van der Waals surface area (Å²) < 4.78 is 10.2. The molecule has 6 heteroatoms. The fraction of sp³-hybridized carbons (Fsp3) is 0.176. The molecule has 0 aliphatic rings. The number of nitrogens with two attached hydrogens (primary N) is 1. The standard InChI is InChI=1S/C10H10N2O3.C7H9N/c1-14-8-3-6-7(4-9(8)15-2)11-5-12-10(6)13;1-6-3-2-4-7(8)5-6/h3-5H,1-2H3,(H,11,12,13);2-5H,8H2,1H3. The molecule has 3 aromatic rings. The van der Waals surface area contributed by atoms with Crippen LogP contribution in [0.1, 0.15) is 5.56 Å². The molecule has 0 spiro atoms. The third-order valence-corrected chi connectivity index (χ3v) is 3.19. The van der Waals surface area contributed by atoms with Crippen LogP contribution < -0.4 is 20.8 Å². The lowest BCUT2D eigenvalue weighted by atomic mass is 10.2. The van der Waals surface area contributed by atoms with Gasteiger partial charge in [-0.25, -0.2) is 4.98 Å². The van der Waals surface area contributed by atoms with Gasteiger partial charge in [0.05, 0.1) is 31.4 Å². The van der Waals surface area contributed by atoms with Gasteiger partial charge in [0.25, 0.3) is 5.56 Å². The number of hydrogen-bond acceptors (Lipinski definition) is 5. The minimum atomic E-state index is -0.194. The molecule has 0 saturated heterocycles. The summed E-state index contributed by atoms with van der Waals surface area (Å²) >= 11 is 0. The lowest BCUT2D eigenvalue weighted by Crippen LogP contribution is -2.06. The molecule has 0 aliphatic carbocycles. The van der Waals surface area contributed by atoms with Crippen LogP contribution in [0.25, 0.3) is 10.9 Å². The highest BCUT2D eigenvalue weighted by Crippen LogP contribution is 2.29. The van der Waals surface area contributed by atoms with E-state index in [0.717, 1.165) is 5.69 Å². The minimum Gasteiger partial charge on any atom is -0.493 e. The van der Waals surface area contributed by atoms with E-state index in [1.165, 1.54) is 26.1 Å². The molecule has 2 aromatic carbocycles. The summed E-state index contributed by atoms with van der Waals surface area (Å²) in [5, 5.41) is 0.482. The van der Waals surface area contributed by atoms with Gasteiger partial charge in [-0.1, -0.05) is 12.1 Å². The Labute approximate surface area is 133 Å². The van der Waals surface area contributed by atoms with Gasteiger partial charge in [0, 0.05) is 11.8 Å². The zero-order valence-corrected chi connectivity index (χ0v) is 13.3. The molecule has 0 atom stereocenters. The number of aromatic nitrogens is 2. The maximum Gasteiger partial charge on any atom is 0.258 e. The molecule has 23 heavy (non-hydrogen) atoms. The first-order chi connectivity index (χ1) is 11.0. The van der Waals surface area contributed by atoms with Crippen LogP contribution in [0.15, 0.2) is 47.5 Å². The Morgan fingerprint density at radius 1 is 1.09 bits per heavy atom. The van der Waals surface area contributed by atoms with E-state index in [-0.39, 0.29) is 5.56 Å². The normalized spacial score (nSPS) is 9.87. The van der Waals surface area contributed by atoms with Crippen molar-refractivity contribution in [3.8, 4) is 11.5 Å². The zero-order valence-electron chi connectivity index (χ0n) is 13.3. The molecule has 120 valence electrons. The molecule has 1 aromatic heterocycles. The number of H-pyrrole nitrogens is 1. The molecule has 3 N–H and O–H groups in total. The van der Waals surface area contributed by atoms with Gasteiger partial charge >= 0.3 is 0 Å². The second-order valence-corrected chi connectivity index (χ2v) is 4.87. The van der Waals surface area contributed by atoms with Crippen LogP contribution in [-0.2, 0) is 0 Å². The van der Waals surface area contributed by atoms with E-state index in [1.807, 2.05) is 31.2 Å². The number of fused-ring (bicyclic) bond motifs is 1. The fourth-order valence-electron chi connectivity index (χ4n) is 2.07. The van der Waals surface area contributed by atoms with E-state index in [9.17, 15) is 4.79 Å². The number of hydrogen-bond donors (Lipinski definition) is 2. The summed E-state index contributed by atoms with van der Waals surface area (Å²) in [7, 11) is 3.06. The average molecular weight is 313 g/mol. The van der Waals surface area contributed by atoms with E-state index < -0.39 is 0 Å². The highest BCUT2D eigenvalue weighted by molar-refractivity contribution is 5.81. The highest BCUT2D eigenvalue weighted by Gasteiger charge is 2.08. The van der Waals surface area contributed by atoms with E-state index >= 15 is 0 Å². The minimum absolute atomic E-state index is 0.194. The van der Waals surface area contributed by atoms with Crippen LogP contribution in [0, 0.1) is 6.92 Å². The Bertz CT molecular complexity index is 842. The topological polar surface area (TPSA) is 90.2 Å². The molecule has 0 aliphatic heterocycles. The summed E-state index contributed by atoms with van der Waals surface area (Å²) in [6.45, 7) is 2.02. The number of benzene rings is 2. The molecule has 0 fully saturated rings. The summed E-state index contributed by atoms with van der Waals surface area (Å²) in [5.74, 6) is 1.08. The first-order valence-corrected chi connectivity index (χ1v) is 6.96. The maximum atomic E-state index is 11.5. The van der Waals surface area contributed by atoms with Crippen LogP contribution in [0.2, 0.25) is 0 Å². The largest absolute Gasteiger partial charge is 0.493 e. The molecule has 0 bridgehead atoms. The monoisotopic (exact) mass is 313 g/mol. The summed E-state index contributed by atoms with van der Waals surface area (Å²) in [5.41, 5.74) is 7.90. The number of nitrogens with zero attached hydrogens (tertiary/aromatic N) is 1. The number of aryl methyl sites for hydroxylation is 1. The second kappa shape index (κ2) is 7.31. The molecular weight excluding hydrogens is 294 g/mol. The van der Waals surface area contributed by atoms with Crippen LogP contribution in [0.3, 0.4) is 0 Å². The van der Waals surface area contributed by atoms with Gasteiger partial charge in [0.1, 0.15) is 0 Å². The van der Waals surface area contributed by atoms with Crippen molar-refractivity contribution in [3.05, 3.63) is 58.6 Å². The lowest BCUT2D eigenvalue weighted by Gasteiger charge is -2.07. The maximum absolute atomic E-state index is 11.5. The Morgan fingerprint density at radius 3 is 2.35 bits per heavy atom. The van der Waals surface area contributed by atoms with Crippen molar-refractivity contribution in [2.45, 2.75) is 6.92 Å². The van der Waals surface area contributed by atoms with Crippen LogP contribution >= 0.6 is 0 Å². The van der Waals surface area contributed by atoms with Crippen molar-refractivity contribution in [1.82, 2.24) is 9.97 Å². The van der Waals surface area contributed by atoms with Crippen molar-refractivity contribution in [1.29, 1.82) is 0 Å². The van der Waals surface area contributed by atoms with Crippen molar-refractivity contribution in [2.75, 3.05) is 20.0 Å². The number of aromatic amines is 1. The molecule has 0 unspecified atom stereocenters. The van der Waals surface area contributed by atoms with E-state index in [4.69, 9.17) is 15.2 Å². The van der Waals surface area contributed by atoms with Gasteiger partial charge in [-0.2, -0.15) is 0 Å². The van der Waals surface area contributed by atoms with Crippen molar-refractivity contribution in [2.24, 2.45) is 0 Å². The molecule has 0 radical (unpaired) electrons. The zero-order chi connectivity index (χ0) is 16.8. The first-order valence-electron chi connectivity index (χ1n) is 6.96. The second-order valence-electron chi connectivity index (χ2n) is 4.87. The van der Waals surface area contributed by atoms with Crippen LogP contribution in [0.4, 0.5) is 5.69 Å².